The third-order valence-electron chi connectivity index (χ3n) is 4.90. The molecule has 0 aromatic rings. The van der Waals surface area contributed by atoms with E-state index in [4.69, 9.17) is 0 Å². The summed E-state index contributed by atoms with van der Waals surface area (Å²) in [6.45, 7) is 4.19. The maximum Gasteiger partial charge on any atom is 0.320 e. The van der Waals surface area contributed by atoms with Crippen molar-refractivity contribution in [1.29, 1.82) is 0 Å². The highest BCUT2D eigenvalue weighted by Crippen LogP contribution is 2.30. The van der Waals surface area contributed by atoms with Crippen LogP contribution in [0.15, 0.2) is 0 Å². The maximum absolute atomic E-state index is 11.4. The lowest BCUT2D eigenvalue weighted by atomic mass is 9.85. The zero-order valence-electron chi connectivity index (χ0n) is 11.6. The van der Waals surface area contributed by atoms with Crippen LogP contribution in [-0.2, 0) is 4.79 Å². The number of hydrogen-bond acceptors (Lipinski definition) is 2. The molecule has 2 atom stereocenters. The van der Waals surface area contributed by atoms with Crippen LogP contribution in [0.25, 0.3) is 0 Å². The summed E-state index contributed by atoms with van der Waals surface area (Å²) in [7, 11) is 0. The van der Waals surface area contributed by atoms with Gasteiger partial charge in [-0.25, -0.2) is 0 Å². The van der Waals surface area contributed by atoms with Crippen molar-refractivity contribution in [2.24, 2.45) is 11.8 Å². The van der Waals surface area contributed by atoms with E-state index >= 15 is 0 Å². The Morgan fingerprint density at radius 2 is 1.89 bits per heavy atom. The Bertz CT molecular complexity index is 274. The van der Waals surface area contributed by atoms with Gasteiger partial charge in [-0.05, 0) is 44.1 Å². The summed E-state index contributed by atoms with van der Waals surface area (Å²) in [4.78, 5) is 13.7. The van der Waals surface area contributed by atoms with Gasteiger partial charge in [0.25, 0.3) is 0 Å². The number of aliphatic carboxylic acids is 1. The smallest absolute Gasteiger partial charge is 0.320 e. The summed E-state index contributed by atoms with van der Waals surface area (Å²) in [5.74, 6) is 0.761. The molecule has 2 aliphatic rings. The number of nitrogens with zero attached hydrogens (tertiary/aromatic N) is 1. The molecule has 1 aliphatic carbocycles. The molecular weight excluding hydrogens is 226 g/mol. The lowest BCUT2D eigenvalue weighted by Gasteiger charge is -2.39. The monoisotopic (exact) mass is 253 g/mol. The summed E-state index contributed by atoms with van der Waals surface area (Å²) >= 11 is 0. The molecule has 1 saturated heterocycles. The molecule has 2 unspecified atom stereocenters. The van der Waals surface area contributed by atoms with Crippen LogP contribution in [-0.4, -0.2) is 35.1 Å². The van der Waals surface area contributed by atoms with Crippen molar-refractivity contribution in [3.8, 4) is 0 Å². The van der Waals surface area contributed by atoms with Crippen LogP contribution < -0.4 is 0 Å². The molecule has 2 fully saturated rings. The molecule has 3 heteroatoms. The first-order valence-corrected chi connectivity index (χ1v) is 7.67. The van der Waals surface area contributed by atoms with Gasteiger partial charge in [-0.1, -0.05) is 32.6 Å². The third-order valence-corrected chi connectivity index (χ3v) is 4.90. The normalized spacial score (nSPS) is 31.4. The van der Waals surface area contributed by atoms with Crippen LogP contribution in [0, 0.1) is 11.8 Å². The van der Waals surface area contributed by atoms with Crippen LogP contribution in [0.5, 0.6) is 0 Å². The molecule has 0 spiro atoms. The van der Waals surface area contributed by atoms with Gasteiger partial charge in [0.2, 0.25) is 0 Å². The largest absolute Gasteiger partial charge is 0.480 e. The molecule has 0 aromatic carbocycles. The van der Waals surface area contributed by atoms with E-state index in [1.54, 1.807) is 0 Å². The van der Waals surface area contributed by atoms with Gasteiger partial charge in [0.1, 0.15) is 6.04 Å². The minimum atomic E-state index is -0.607. The second-order valence-corrected chi connectivity index (χ2v) is 6.15. The van der Waals surface area contributed by atoms with Gasteiger partial charge in [0, 0.05) is 6.54 Å². The van der Waals surface area contributed by atoms with Gasteiger partial charge in [-0.3, -0.25) is 9.69 Å². The van der Waals surface area contributed by atoms with Crippen molar-refractivity contribution in [3.63, 3.8) is 0 Å². The van der Waals surface area contributed by atoms with Gasteiger partial charge >= 0.3 is 5.97 Å². The fourth-order valence-corrected chi connectivity index (χ4v) is 3.63. The van der Waals surface area contributed by atoms with E-state index in [-0.39, 0.29) is 6.04 Å². The highest BCUT2D eigenvalue weighted by atomic mass is 16.4. The maximum atomic E-state index is 11.4. The number of rotatable bonds is 4. The molecule has 2 rings (SSSR count). The van der Waals surface area contributed by atoms with Gasteiger partial charge < -0.3 is 5.11 Å². The average Bonchev–Trinajstić information content (AvgIpc) is 2.40. The molecule has 1 N–H and O–H groups in total. The summed E-state index contributed by atoms with van der Waals surface area (Å²) in [5.41, 5.74) is 0. The summed E-state index contributed by atoms with van der Waals surface area (Å²) < 4.78 is 0. The van der Waals surface area contributed by atoms with E-state index < -0.39 is 5.97 Å². The average molecular weight is 253 g/mol. The van der Waals surface area contributed by atoms with Crippen molar-refractivity contribution in [3.05, 3.63) is 0 Å². The Labute approximate surface area is 111 Å². The second kappa shape index (κ2) is 6.55. The van der Waals surface area contributed by atoms with Crippen LogP contribution in [0.1, 0.15) is 58.3 Å². The molecular formula is C15H27NO2. The van der Waals surface area contributed by atoms with Crippen molar-refractivity contribution in [2.75, 3.05) is 13.1 Å². The molecule has 18 heavy (non-hydrogen) atoms. The highest BCUT2D eigenvalue weighted by Gasteiger charge is 2.33. The third kappa shape index (κ3) is 3.47. The molecule has 104 valence electrons. The van der Waals surface area contributed by atoms with E-state index in [1.165, 1.54) is 38.5 Å². The Balaban J connectivity index is 1.90. The molecule has 1 aliphatic heterocycles. The van der Waals surface area contributed by atoms with E-state index in [2.05, 4.69) is 11.8 Å². The van der Waals surface area contributed by atoms with Gasteiger partial charge in [-0.15, -0.1) is 0 Å². The first-order valence-electron chi connectivity index (χ1n) is 7.67. The van der Waals surface area contributed by atoms with Crippen LogP contribution in [0.3, 0.4) is 0 Å². The Kier molecular flexibility index (Phi) is 5.04. The quantitative estimate of drug-likeness (QED) is 0.836. The SMILES string of the molecule is CCC1CCN(CC2CCCCC2)C(C(=O)O)C1. The first-order chi connectivity index (χ1) is 8.70. The Hall–Kier alpha value is -0.570. The number of carboxylic acid groups (broad SMARTS) is 1. The van der Waals surface area contributed by atoms with E-state index in [9.17, 15) is 9.90 Å². The molecule has 3 nitrogen and oxygen atoms in total. The standard InChI is InChI=1S/C15H27NO2/c1-2-12-8-9-16(14(10-12)15(17)18)11-13-6-4-3-5-7-13/h12-14H,2-11H2,1H3,(H,17,18). The van der Waals surface area contributed by atoms with Gasteiger partial charge in [0.15, 0.2) is 0 Å². The van der Waals surface area contributed by atoms with Crippen LogP contribution in [0.2, 0.25) is 0 Å². The van der Waals surface area contributed by atoms with Crippen LogP contribution in [0.4, 0.5) is 0 Å². The number of piperidine rings is 1. The predicted molar refractivity (Wildman–Crippen MR) is 72.6 cm³/mol. The molecule has 0 amide bonds. The van der Waals surface area contributed by atoms with Crippen molar-refractivity contribution < 1.29 is 9.90 Å². The van der Waals surface area contributed by atoms with Crippen molar-refractivity contribution in [1.82, 2.24) is 4.90 Å². The zero-order chi connectivity index (χ0) is 13.0. The summed E-state index contributed by atoms with van der Waals surface area (Å²) in [6, 6.07) is -0.217. The van der Waals surface area contributed by atoms with Crippen molar-refractivity contribution in [2.45, 2.75) is 64.3 Å². The molecule has 1 saturated carbocycles. The minimum Gasteiger partial charge on any atom is -0.480 e. The first kappa shape index (κ1) is 13.9. The lowest BCUT2D eigenvalue weighted by molar-refractivity contribution is -0.145. The topological polar surface area (TPSA) is 40.5 Å². The van der Waals surface area contributed by atoms with Gasteiger partial charge in [-0.2, -0.15) is 0 Å². The van der Waals surface area contributed by atoms with Crippen LogP contribution >= 0.6 is 0 Å². The van der Waals surface area contributed by atoms with E-state index in [0.717, 1.165) is 31.8 Å². The molecule has 0 radical (unpaired) electrons. The molecule has 0 bridgehead atoms. The Morgan fingerprint density at radius 1 is 1.17 bits per heavy atom. The zero-order valence-corrected chi connectivity index (χ0v) is 11.6. The summed E-state index contributed by atoms with van der Waals surface area (Å²) in [5, 5.41) is 9.41. The number of carbonyl (C=O) groups is 1. The number of likely N-dealkylation sites (tertiary alicyclic amines) is 1. The minimum absolute atomic E-state index is 0.217. The number of hydrogen-bond donors (Lipinski definition) is 1. The highest BCUT2D eigenvalue weighted by molar-refractivity contribution is 5.73. The van der Waals surface area contributed by atoms with Crippen molar-refractivity contribution >= 4 is 5.97 Å². The van der Waals surface area contributed by atoms with Gasteiger partial charge in [0.05, 0.1) is 0 Å². The number of carboxylic acids is 1. The second-order valence-electron chi connectivity index (χ2n) is 6.15. The summed E-state index contributed by atoms with van der Waals surface area (Å²) in [6.07, 6.45) is 9.84. The van der Waals surface area contributed by atoms with E-state index in [1.807, 2.05) is 0 Å². The molecule has 0 aromatic heterocycles. The predicted octanol–water partition coefficient (Wildman–Crippen LogP) is 3.14. The molecule has 1 heterocycles. The Morgan fingerprint density at radius 3 is 2.50 bits per heavy atom. The fraction of sp³-hybridized carbons (Fsp3) is 0.933. The lowest BCUT2D eigenvalue weighted by Crippen LogP contribution is -2.49. The van der Waals surface area contributed by atoms with E-state index in [0.29, 0.717) is 5.92 Å². The fourth-order valence-electron chi connectivity index (χ4n) is 3.63.